The van der Waals surface area contributed by atoms with Gasteiger partial charge in [-0.15, -0.1) is 0 Å². The van der Waals surface area contributed by atoms with E-state index >= 15 is 0 Å². The number of carbonyl (C=O) groups excluding carboxylic acids is 1. The lowest BCUT2D eigenvalue weighted by atomic mass is 9.68. The molecule has 0 fully saturated rings. The summed E-state index contributed by atoms with van der Waals surface area (Å²) in [4.78, 5) is 17.8. The number of hydrogen-bond donors (Lipinski definition) is 1. The van der Waals surface area contributed by atoms with Crippen molar-refractivity contribution in [2.24, 2.45) is 5.41 Å². The van der Waals surface area contributed by atoms with E-state index in [0.29, 0.717) is 24.0 Å². The minimum atomic E-state index is -0.915. The molecule has 0 spiro atoms. The first-order valence-corrected chi connectivity index (χ1v) is 9.70. The lowest BCUT2D eigenvalue weighted by molar-refractivity contribution is -0.118. The van der Waals surface area contributed by atoms with E-state index in [0.717, 1.165) is 33.9 Å². The number of pyridine rings is 1. The molecule has 2 aromatic carbocycles. The molecule has 1 atom stereocenters. The van der Waals surface area contributed by atoms with Crippen LogP contribution in [-0.4, -0.2) is 10.8 Å². The predicted molar refractivity (Wildman–Crippen MR) is 109 cm³/mol. The molecule has 0 saturated heterocycles. The molecule has 1 aliphatic heterocycles. The summed E-state index contributed by atoms with van der Waals surface area (Å²) in [7, 11) is 0. The first kappa shape index (κ1) is 18.0. The van der Waals surface area contributed by atoms with Gasteiger partial charge in [-0.1, -0.05) is 32.0 Å². The molecule has 3 nitrogen and oxygen atoms in total. The van der Waals surface area contributed by atoms with Crippen LogP contribution in [0.2, 0.25) is 0 Å². The molecule has 0 saturated carbocycles. The van der Waals surface area contributed by atoms with E-state index in [4.69, 9.17) is 0 Å². The van der Waals surface area contributed by atoms with Crippen molar-refractivity contribution in [2.75, 3.05) is 5.32 Å². The van der Waals surface area contributed by atoms with E-state index in [1.165, 1.54) is 6.07 Å². The van der Waals surface area contributed by atoms with Gasteiger partial charge in [0, 0.05) is 46.4 Å². The van der Waals surface area contributed by atoms with Gasteiger partial charge in [0.2, 0.25) is 0 Å². The molecule has 2 heterocycles. The van der Waals surface area contributed by atoms with Crippen LogP contribution in [0.5, 0.6) is 0 Å². The summed E-state index contributed by atoms with van der Waals surface area (Å²) in [5.41, 5.74) is 4.36. The highest BCUT2D eigenvalue weighted by atomic mass is 19.2. The van der Waals surface area contributed by atoms with Gasteiger partial charge < -0.3 is 5.32 Å². The molecule has 1 unspecified atom stereocenters. The van der Waals surface area contributed by atoms with Crippen LogP contribution in [0, 0.1) is 17.0 Å². The van der Waals surface area contributed by atoms with Gasteiger partial charge in [-0.2, -0.15) is 0 Å². The Morgan fingerprint density at radius 3 is 2.69 bits per heavy atom. The molecule has 5 rings (SSSR count). The SMILES string of the molecule is CC1(C)CC(=O)C2=C(C1)Nc1ccc3cccnc3c1C2c1ccc(F)c(F)c1. The van der Waals surface area contributed by atoms with Crippen molar-refractivity contribution < 1.29 is 13.6 Å². The van der Waals surface area contributed by atoms with E-state index in [1.54, 1.807) is 12.3 Å². The fourth-order valence-electron chi connectivity index (χ4n) is 4.68. The number of carbonyl (C=O) groups is 1. The van der Waals surface area contributed by atoms with E-state index < -0.39 is 17.6 Å². The fourth-order valence-corrected chi connectivity index (χ4v) is 4.68. The van der Waals surface area contributed by atoms with Crippen LogP contribution in [0.15, 0.2) is 59.9 Å². The number of aromatic nitrogens is 1. The van der Waals surface area contributed by atoms with Crippen molar-refractivity contribution in [2.45, 2.75) is 32.6 Å². The van der Waals surface area contributed by atoms with Gasteiger partial charge in [0.25, 0.3) is 0 Å². The normalized spacial score (nSPS) is 20.3. The lowest BCUT2D eigenvalue weighted by Gasteiger charge is -2.39. The summed E-state index contributed by atoms with van der Waals surface area (Å²) in [6, 6.07) is 11.7. The van der Waals surface area contributed by atoms with Gasteiger partial charge in [-0.25, -0.2) is 8.78 Å². The molecular weight excluding hydrogens is 370 g/mol. The Morgan fingerprint density at radius 1 is 1.07 bits per heavy atom. The van der Waals surface area contributed by atoms with Crippen molar-refractivity contribution in [3.05, 3.63) is 82.7 Å². The zero-order chi connectivity index (χ0) is 20.3. The van der Waals surface area contributed by atoms with Crippen LogP contribution < -0.4 is 5.32 Å². The highest BCUT2D eigenvalue weighted by Gasteiger charge is 2.41. The van der Waals surface area contributed by atoms with Crippen molar-refractivity contribution >= 4 is 22.4 Å². The average Bonchev–Trinajstić information content (AvgIpc) is 2.67. The molecule has 1 aliphatic carbocycles. The van der Waals surface area contributed by atoms with Gasteiger partial charge in [0.15, 0.2) is 17.4 Å². The molecule has 2 aliphatic rings. The quantitative estimate of drug-likeness (QED) is 0.578. The molecule has 1 aromatic heterocycles. The number of Topliss-reactive ketones (excluding diaryl/α,β-unsaturated/α-hetero) is 1. The molecule has 146 valence electrons. The highest BCUT2D eigenvalue weighted by molar-refractivity contribution is 6.03. The summed E-state index contributed by atoms with van der Waals surface area (Å²) < 4.78 is 27.8. The second kappa shape index (κ2) is 6.21. The van der Waals surface area contributed by atoms with E-state index in [9.17, 15) is 13.6 Å². The summed E-state index contributed by atoms with van der Waals surface area (Å²) in [5, 5.41) is 4.39. The monoisotopic (exact) mass is 390 g/mol. The molecule has 5 heteroatoms. The van der Waals surface area contributed by atoms with Gasteiger partial charge in [-0.3, -0.25) is 9.78 Å². The number of halogens is 2. The summed E-state index contributed by atoms with van der Waals surface area (Å²) in [5.74, 6) is -2.26. The summed E-state index contributed by atoms with van der Waals surface area (Å²) >= 11 is 0. The Kier molecular flexibility index (Phi) is 3.85. The topological polar surface area (TPSA) is 42.0 Å². The maximum absolute atomic E-state index is 14.2. The summed E-state index contributed by atoms with van der Waals surface area (Å²) in [6.07, 6.45) is 2.84. The van der Waals surface area contributed by atoms with Crippen LogP contribution in [0.25, 0.3) is 10.9 Å². The standard InChI is InChI=1S/C24H20F2N2O/c1-24(2)11-18-21(19(29)12-24)20(14-5-7-15(25)16(26)10-14)22-17(28-18)8-6-13-4-3-9-27-23(13)22/h3-10,20,28H,11-12H2,1-2H3. The number of anilines is 1. The molecule has 29 heavy (non-hydrogen) atoms. The fraction of sp³-hybridized carbons (Fsp3) is 0.250. The Morgan fingerprint density at radius 2 is 1.90 bits per heavy atom. The number of ketones is 1. The van der Waals surface area contributed by atoms with Crippen molar-refractivity contribution in [1.29, 1.82) is 0 Å². The van der Waals surface area contributed by atoms with Crippen molar-refractivity contribution in [3.63, 3.8) is 0 Å². The first-order chi connectivity index (χ1) is 13.8. The molecule has 0 bridgehead atoms. The Bertz CT molecular complexity index is 1210. The van der Waals surface area contributed by atoms with E-state index in [-0.39, 0.29) is 11.2 Å². The largest absolute Gasteiger partial charge is 0.358 e. The van der Waals surface area contributed by atoms with Crippen LogP contribution in [0.3, 0.4) is 0 Å². The number of hydrogen-bond acceptors (Lipinski definition) is 3. The Balaban J connectivity index is 1.82. The van der Waals surface area contributed by atoms with Crippen LogP contribution in [0.1, 0.15) is 43.7 Å². The van der Waals surface area contributed by atoms with Gasteiger partial charge in [0.1, 0.15) is 0 Å². The smallest absolute Gasteiger partial charge is 0.162 e. The molecule has 1 N–H and O–H groups in total. The Labute approximate surface area is 167 Å². The van der Waals surface area contributed by atoms with Crippen molar-refractivity contribution in [3.8, 4) is 0 Å². The van der Waals surface area contributed by atoms with Crippen LogP contribution in [-0.2, 0) is 4.79 Å². The molecular formula is C24H20F2N2O. The van der Waals surface area contributed by atoms with E-state index in [1.807, 2.05) is 24.3 Å². The van der Waals surface area contributed by atoms with Crippen LogP contribution in [0.4, 0.5) is 14.5 Å². The average molecular weight is 390 g/mol. The number of fused-ring (bicyclic) bond motifs is 3. The first-order valence-electron chi connectivity index (χ1n) is 9.70. The molecule has 0 amide bonds. The number of nitrogens with one attached hydrogen (secondary N) is 1. The van der Waals surface area contributed by atoms with Gasteiger partial charge >= 0.3 is 0 Å². The summed E-state index contributed by atoms with van der Waals surface area (Å²) in [6.45, 7) is 4.14. The Hall–Kier alpha value is -3.08. The third-order valence-corrected chi connectivity index (χ3v) is 5.87. The second-order valence-electron chi connectivity index (χ2n) is 8.67. The molecule has 0 radical (unpaired) electrons. The number of allylic oxidation sites excluding steroid dienone is 2. The van der Waals surface area contributed by atoms with Crippen molar-refractivity contribution in [1.82, 2.24) is 4.98 Å². The number of nitrogens with zero attached hydrogens (tertiary/aromatic N) is 1. The van der Waals surface area contributed by atoms with E-state index in [2.05, 4.69) is 24.1 Å². The maximum atomic E-state index is 14.2. The van der Waals surface area contributed by atoms with Crippen LogP contribution >= 0.6 is 0 Å². The number of rotatable bonds is 1. The zero-order valence-corrected chi connectivity index (χ0v) is 16.2. The lowest BCUT2D eigenvalue weighted by Crippen LogP contribution is -2.34. The third kappa shape index (κ3) is 2.84. The minimum Gasteiger partial charge on any atom is -0.358 e. The third-order valence-electron chi connectivity index (χ3n) is 5.87. The highest BCUT2D eigenvalue weighted by Crippen LogP contribution is 2.50. The minimum absolute atomic E-state index is 0.0390. The van der Waals surface area contributed by atoms with Gasteiger partial charge in [0.05, 0.1) is 5.52 Å². The second-order valence-corrected chi connectivity index (χ2v) is 8.67. The maximum Gasteiger partial charge on any atom is 0.162 e. The molecule has 3 aromatic rings. The zero-order valence-electron chi connectivity index (χ0n) is 16.2. The number of benzene rings is 2. The predicted octanol–water partition coefficient (Wildman–Crippen LogP) is 5.71. The van der Waals surface area contributed by atoms with Gasteiger partial charge in [-0.05, 0) is 41.7 Å².